The first-order valence-corrected chi connectivity index (χ1v) is 11.1. The van der Waals surface area contributed by atoms with Crippen LogP contribution in [0.5, 0.6) is 0 Å². The molecule has 7 heteroatoms. The van der Waals surface area contributed by atoms with E-state index in [-0.39, 0.29) is 16.8 Å². The topological polar surface area (TPSA) is 58.1 Å². The smallest absolute Gasteiger partial charge is 0.191 e. The van der Waals surface area contributed by atoms with Gasteiger partial charge in [-0.15, -0.1) is 0 Å². The van der Waals surface area contributed by atoms with E-state index >= 15 is 0 Å². The normalized spacial score (nSPS) is 20.7. The largest absolute Gasteiger partial charge is 0.381 e. The number of rotatable bonds is 7. The van der Waals surface area contributed by atoms with Crippen molar-refractivity contribution in [3.8, 4) is 0 Å². The SMILES string of the molecule is CCNC(=NCC(C)(C)N1CCOCC1)NCC1(c2cccc(F)c2)CCOCC1. The van der Waals surface area contributed by atoms with Gasteiger partial charge in [0.15, 0.2) is 5.96 Å². The molecule has 0 aromatic heterocycles. The van der Waals surface area contributed by atoms with Gasteiger partial charge in [0.1, 0.15) is 5.82 Å². The average molecular weight is 421 g/mol. The summed E-state index contributed by atoms with van der Waals surface area (Å²) >= 11 is 0. The minimum absolute atomic E-state index is 0.0367. The molecule has 0 unspecified atom stereocenters. The van der Waals surface area contributed by atoms with Crippen LogP contribution in [0.25, 0.3) is 0 Å². The van der Waals surface area contributed by atoms with Crippen molar-refractivity contribution in [3.05, 3.63) is 35.6 Å². The number of morpholine rings is 1. The molecule has 0 saturated carbocycles. The van der Waals surface area contributed by atoms with E-state index in [0.29, 0.717) is 26.3 Å². The van der Waals surface area contributed by atoms with E-state index in [1.165, 1.54) is 6.07 Å². The maximum absolute atomic E-state index is 13.9. The van der Waals surface area contributed by atoms with Crippen LogP contribution in [0.3, 0.4) is 0 Å². The molecular formula is C23H37FN4O2. The molecule has 0 radical (unpaired) electrons. The van der Waals surface area contributed by atoms with Gasteiger partial charge in [-0.25, -0.2) is 4.39 Å². The molecule has 2 N–H and O–H groups in total. The number of benzene rings is 1. The number of nitrogens with one attached hydrogen (secondary N) is 2. The van der Waals surface area contributed by atoms with Crippen LogP contribution in [-0.4, -0.2) is 75.5 Å². The third-order valence-electron chi connectivity index (χ3n) is 6.32. The average Bonchev–Trinajstić information content (AvgIpc) is 2.77. The second kappa shape index (κ2) is 10.6. The van der Waals surface area contributed by atoms with Crippen molar-refractivity contribution in [1.29, 1.82) is 0 Å². The summed E-state index contributed by atoms with van der Waals surface area (Å²) in [5.74, 6) is 0.618. The van der Waals surface area contributed by atoms with Crippen LogP contribution in [0.2, 0.25) is 0 Å². The lowest BCUT2D eigenvalue weighted by Gasteiger charge is -2.40. The number of nitrogens with zero attached hydrogens (tertiary/aromatic N) is 2. The summed E-state index contributed by atoms with van der Waals surface area (Å²) < 4.78 is 25.0. The van der Waals surface area contributed by atoms with E-state index < -0.39 is 0 Å². The molecule has 30 heavy (non-hydrogen) atoms. The van der Waals surface area contributed by atoms with Gasteiger partial charge in [0.2, 0.25) is 0 Å². The lowest BCUT2D eigenvalue weighted by molar-refractivity contribution is -0.00684. The van der Waals surface area contributed by atoms with Crippen LogP contribution >= 0.6 is 0 Å². The van der Waals surface area contributed by atoms with Gasteiger partial charge in [-0.1, -0.05) is 12.1 Å². The Labute approximate surface area is 180 Å². The summed E-state index contributed by atoms with van der Waals surface area (Å²) in [6.07, 6.45) is 1.73. The van der Waals surface area contributed by atoms with E-state index in [4.69, 9.17) is 14.5 Å². The van der Waals surface area contributed by atoms with Crippen LogP contribution in [0, 0.1) is 5.82 Å². The molecule has 2 aliphatic rings. The van der Waals surface area contributed by atoms with E-state index in [2.05, 4.69) is 36.3 Å². The van der Waals surface area contributed by atoms with Crippen molar-refractivity contribution in [1.82, 2.24) is 15.5 Å². The second-order valence-corrected chi connectivity index (χ2v) is 8.86. The Balaban J connectivity index is 1.70. The molecule has 0 amide bonds. The van der Waals surface area contributed by atoms with Crippen LogP contribution in [0.4, 0.5) is 4.39 Å². The number of hydrogen-bond donors (Lipinski definition) is 2. The van der Waals surface area contributed by atoms with Gasteiger partial charge in [0.05, 0.1) is 19.8 Å². The minimum Gasteiger partial charge on any atom is -0.381 e. The van der Waals surface area contributed by atoms with Crippen molar-refractivity contribution in [2.75, 3.05) is 59.2 Å². The van der Waals surface area contributed by atoms with Crippen molar-refractivity contribution in [2.24, 2.45) is 4.99 Å². The molecule has 2 saturated heterocycles. The fourth-order valence-electron chi connectivity index (χ4n) is 4.28. The lowest BCUT2D eigenvalue weighted by atomic mass is 9.74. The predicted octanol–water partition coefficient (Wildman–Crippen LogP) is 2.54. The fraction of sp³-hybridized carbons (Fsp3) is 0.696. The van der Waals surface area contributed by atoms with Crippen LogP contribution < -0.4 is 10.6 Å². The standard InChI is InChI=1S/C23H37FN4O2/c1-4-25-21(26-17-22(2,3)28-10-14-30-15-11-28)27-18-23(8-12-29-13-9-23)19-6-5-7-20(24)16-19/h5-7,16H,4,8-15,17-18H2,1-3H3,(H2,25,26,27). The molecule has 0 aliphatic carbocycles. The zero-order valence-electron chi connectivity index (χ0n) is 18.7. The molecule has 0 spiro atoms. The third-order valence-corrected chi connectivity index (χ3v) is 6.32. The van der Waals surface area contributed by atoms with Gasteiger partial charge >= 0.3 is 0 Å². The van der Waals surface area contributed by atoms with E-state index in [0.717, 1.165) is 57.2 Å². The van der Waals surface area contributed by atoms with Crippen LogP contribution in [-0.2, 0) is 14.9 Å². The summed E-state index contributed by atoms with van der Waals surface area (Å²) in [6.45, 7) is 13.5. The van der Waals surface area contributed by atoms with Gasteiger partial charge in [0.25, 0.3) is 0 Å². The third kappa shape index (κ3) is 5.93. The van der Waals surface area contributed by atoms with E-state index in [1.54, 1.807) is 12.1 Å². The van der Waals surface area contributed by atoms with Crippen LogP contribution in [0.15, 0.2) is 29.3 Å². The van der Waals surface area contributed by atoms with Crippen molar-refractivity contribution >= 4 is 5.96 Å². The minimum atomic E-state index is -0.189. The summed E-state index contributed by atoms with van der Waals surface area (Å²) in [7, 11) is 0. The van der Waals surface area contributed by atoms with Crippen molar-refractivity contribution in [2.45, 2.75) is 44.6 Å². The Morgan fingerprint density at radius 2 is 1.83 bits per heavy atom. The first-order chi connectivity index (χ1) is 14.5. The molecule has 3 rings (SSSR count). The zero-order valence-corrected chi connectivity index (χ0v) is 18.7. The van der Waals surface area contributed by atoms with Gasteiger partial charge in [0, 0.05) is 50.3 Å². The van der Waals surface area contributed by atoms with Crippen molar-refractivity contribution < 1.29 is 13.9 Å². The van der Waals surface area contributed by atoms with Crippen LogP contribution in [0.1, 0.15) is 39.2 Å². The maximum atomic E-state index is 13.9. The molecule has 2 aliphatic heterocycles. The first kappa shape index (κ1) is 23.0. The zero-order chi connectivity index (χ0) is 21.5. The summed E-state index contributed by atoms with van der Waals surface area (Å²) in [5.41, 5.74) is 0.837. The van der Waals surface area contributed by atoms with E-state index in [9.17, 15) is 4.39 Å². The van der Waals surface area contributed by atoms with E-state index in [1.807, 2.05) is 6.07 Å². The fourth-order valence-corrected chi connectivity index (χ4v) is 4.28. The number of guanidine groups is 1. The highest BCUT2D eigenvalue weighted by molar-refractivity contribution is 5.80. The molecule has 0 atom stereocenters. The lowest BCUT2D eigenvalue weighted by Crippen LogP contribution is -2.52. The molecule has 168 valence electrons. The Hall–Kier alpha value is -1.70. The summed E-state index contributed by atoms with van der Waals surface area (Å²) in [4.78, 5) is 7.33. The number of halogens is 1. The Kier molecular flexibility index (Phi) is 8.08. The number of ether oxygens (including phenoxy) is 2. The molecular weight excluding hydrogens is 383 g/mol. The summed E-state index contributed by atoms with van der Waals surface area (Å²) in [6, 6.07) is 7.00. The molecule has 6 nitrogen and oxygen atoms in total. The summed E-state index contributed by atoms with van der Waals surface area (Å²) in [5, 5.41) is 6.91. The maximum Gasteiger partial charge on any atom is 0.191 e. The van der Waals surface area contributed by atoms with Gasteiger partial charge in [-0.3, -0.25) is 9.89 Å². The quantitative estimate of drug-likeness (QED) is 0.524. The first-order valence-electron chi connectivity index (χ1n) is 11.1. The molecule has 2 fully saturated rings. The van der Waals surface area contributed by atoms with Crippen molar-refractivity contribution in [3.63, 3.8) is 0 Å². The van der Waals surface area contributed by atoms with Gasteiger partial charge < -0.3 is 20.1 Å². The Bertz CT molecular complexity index is 698. The van der Waals surface area contributed by atoms with Gasteiger partial charge in [-0.2, -0.15) is 0 Å². The molecule has 0 bridgehead atoms. The predicted molar refractivity (Wildman–Crippen MR) is 119 cm³/mol. The highest BCUT2D eigenvalue weighted by atomic mass is 19.1. The highest BCUT2D eigenvalue weighted by Gasteiger charge is 2.35. The molecule has 2 heterocycles. The molecule has 1 aromatic carbocycles. The molecule has 1 aromatic rings. The Morgan fingerprint density at radius 3 is 2.50 bits per heavy atom. The monoisotopic (exact) mass is 420 g/mol. The Morgan fingerprint density at radius 1 is 1.13 bits per heavy atom. The second-order valence-electron chi connectivity index (χ2n) is 8.86. The number of aliphatic imine (C=N–C) groups is 1. The van der Waals surface area contributed by atoms with Gasteiger partial charge in [-0.05, 0) is 51.3 Å². The number of hydrogen-bond acceptors (Lipinski definition) is 4. The highest BCUT2D eigenvalue weighted by Crippen LogP contribution is 2.34.